The number of ether oxygens (including phenoxy) is 1. The summed E-state index contributed by atoms with van der Waals surface area (Å²) >= 11 is 1.53. The van der Waals surface area contributed by atoms with Crippen molar-refractivity contribution in [3.05, 3.63) is 42.2 Å². The number of nitrogens with zero attached hydrogens (tertiary/aromatic N) is 2. The Labute approximate surface area is 130 Å². The lowest BCUT2D eigenvalue weighted by molar-refractivity contribution is 0.125. The molecule has 4 nitrogen and oxygen atoms in total. The molecule has 1 N–H and O–H groups in total. The normalized spacial score (nSPS) is 12.6. The van der Waals surface area contributed by atoms with Crippen LogP contribution in [0.3, 0.4) is 0 Å². The highest BCUT2D eigenvalue weighted by Crippen LogP contribution is 2.26. The van der Waals surface area contributed by atoms with E-state index in [4.69, 9.17) is 4.74 Å². The van der Waals surface area contributed by atoms with Crippen LogP contribution in [-0.4, -0.2) is 33.1 Å². The average Bonchev–Trinajstić information content (AvgIpc) is 2.88. The quantitative estimate of drug-likeness (QED) is 0.799. The molecular weight excluding hydrogens is 284 g/mol. The van der Waals surface area contributed by atoms with Crippen LogP contribution in [0.5, 0.6) is 5.75 Å². The van der Waals surface area contributed by atoms with Gasteiger partial charge in [-0.05, 0) is 17.5 Å². The van der Waals surface area contributed by atoms with Crippen molar-refractivity contribution >= 4 is 11.8 Å². The van der Waals surface area contributed by atoms with E-state index in [2.05, 4.69) is 24.9 Å². The van der Waals surface area contributed by atoms with Gasteiger partial charge < -0.3 is 14.4 Å². The lowest BCUT2D eigenvalue weighted by Gasteiger charge is -2.16. The van der Waals surface area contributed by atoms with Gasteiger partial charge in [-0.15, -0.1) is 0 Å². The Bertz CT molecular complexity index is 569. The molecule has 2 aromatic rings. The van der Waals surface area contributed by atoms with Crippen molar-refractivity contribution in [3.63, 3.8) is 0 Å². The summed E-state index contributed by atoms with van der Waals surface area (Å²) in [6.45, 7) is 4.56. The minimum Gasteiger partial charge on any atom is -0.491 e. The van der Waals surface area contributed by atoms with Gasteiger partial charge in [0, 0.05) is 25.2 Å². The van der Waals surface area contributed by atoms with Crippen LogP contribution >= 0.6 is 11.8 Å². The second-order valence-electron chi connectivity index (χ2n) is 5.29. The van der Waals surface area contributed by atoms with Crippen LogP contribution < -0.4 is 4.74 Å². The van der Waals surface area contributed by atoms with Crippen LogP contribution in [0.4, 0.5) is 0 Å². The summed E-state index contributed by atoms with van der Waals surface area (Å²) in [6.07, 6.45) is 3.13. The van der Waals surface area contributed by atoms with Crippen LogP contribution in [-0.2, 0) is 7.05 Å². The van der Waals surface area contributed by atoms with E-state index in [1.165, 1.54) is 17.3 Å². The summed E-state index contributed by atoms with van der Waals surface area (Å²) in [5.74, 6) is 1.82. The Morgan fingerprint density at radius 2 is 2.10 bits per heavy atom. The van der Waals surface area contributed by atoms with E-state index in [1.54, 1.807) is 6.20 Å². The fraction of sp³-hybridized carbons (Fsp3) is 0.438. The molecule has 5 heteroatoms. The first-order chi connectivity index (χ1) is 10.1. The number of thioether (sulfide) groups is 1. The van der Waals surface area contributed by atoms with E-state index in [0.717, 1.165) is 10.9 Å². The summed E-state index contributed by atoms with van der Waals surface area (Å²) in [6, 6.07) is 7.98. The van der Waals surface area contributed by atoms with Crippen LogP contribution in [0.25, 0.3) is 0 Å². The minimum atomic E-state index is -0.521. The zero-order valence-corrected chi connectivity index (χ0v) is 13.5. The van der Waals surface area contributed by atoms with Gasteiger partial charge in [-0.25, -0.2) is 4.98 Å². The molecule has 21 heavy (non-hydrogen) atoms. The van der Waals surface area contributed by atoms with E-state index in [1.807, 2.05) is 36.0 Å². The fourth-order valence-electron chi connectivity index (χ4n) is 1.98. The number of imidazole rings is 1. The van der Waals surface area contributed by atoms with Crippen LogP contribution in [0, 0.1) is 0 Å². The lowest BCUT2D eigenvalue weighted by Crippen LogP contribution is -2.20. The fourth-order valence-corrected chi connectivity index (χ4v) is 2.82. The van der Waals surface area contributed by atoms with Gasteiger partial charge >= 0.3 is 0 Å². The number of aliphatic hydroxyl groups is 1. The van der Waals surface area contributed by atoms with Gasteiger partial charge in [0.1, 0.15) is 12.4 Å². The number of rotatable bonds is 7. The molecule has 0 aliphatic rings. The van der Waals surface area contributed by atoms with E-state index in [0.29, 0.717) is 18.3 Å². The molecule has 0 aliphatic heterocycles. The van der Waals surface area contributed by atoms with Gasteiger partial charge in [-0.2, -0.15) is 0 Å². The van der Waals surface area contributed by atoms with Crippen LogP contribution in [0.1, 0.15) is 25.3 Å². The zero-order valence-electron chi connectivity index (χ0n) is 12.7. The number of hydrogen-bond acceptors (Lipinski definition) is 4. The number of aliphatic hydroxyl groups excluding tert-OH is 1. The van der Waals surface area contributed by atoms with Crippen molar-refractivity contribution < 1.29 is 9.84 Å². The number of hydrogen-bond donors (Lipinski definition) is 1. The molecule has 1 aromatic heterocycles. The topological polar surface area (TPSA) is 47.3 Å². The molecule has 0 spiro atoms. The number of aromatic nitrogens is 2. The summed E-state index contributed by atoms with van der Waals surface area (Å²) in [4.78, 5) is 4.22. The molecule has 1 unspecified atom stereocenters. The van der Waals surface area contributed by atoms with Gasteiger partial charge in [0.25, 0.3) is 0 Å². The first kappa shape index (κ1) is 15.9. The van der Waals surface area contributed by atoms with Gasteiger partial charge in [-0.3, -0.25) is 0 Å². The Morgan fingerprint density at radius 1 is 1.33 bits per heavy atom. The molecule has 2 rings (SSSR count). The van der Waals surface area contributed by atoms with E-state index in [-0.39, 0.29) is 0 Å². The van der Waals surface area contributed by atoms with Gasteiger partial charge in [0.15, 0.2) is 5.16 Å². The maximum Gasteiger partial charge on any atom is 0.167 e. The number of para-hydroxylation sites is 1. The minimum absolute atomic E-state index is 0.293. The van der Waals surface area contributed by atoms with Crippen molar-refractivity contribution in [2.24, 2.45) is 7.05 Å². The third-order valence-corrected chi connectivity index (χ3v) is 4.36. The second kappa shape index (κ2) is 7.52. The highest BCUT2D eigenvalue weighted by atomic mass is 32.2. The maximum absolute atomic E-state index is 10.0. The molecule has 114 valence electrons. The predicted octanol–water partition coefficient (Wildman–Crippen LogP) is 3.08. The molecule has 0 bridgehead atoms. The first-order valence-electron chi connectivity index (χ1n) is 7.08. The summed E-state index contributed by atoms with van der Waals surface area (Å²) < 4.78 is 7.71. The summed E-state index contributed by atoms with van der Waals surface area (Å²) in [5, 5.41) is 10.9. The largest absolute Gasteiger partial charge is 0.491 e. The van der Waals surface area contributed by atoms with Crippen molar-refractivity contribution in [2.45, 2.75) is 31.0 Å². The van der Waals surface area contributed by atoms with Gasteiger partial charge in [0.05, 0.1) is 6.10 Å². The van der Waals surface area contributed by atoms with Crippen molar-refractivity contribution in [1.29, 1.82) is 0 Å². The zero-order chi connectivity index (χ0) is 15.2. The van der Waals surface area contributed by atoms with Gasteiger partial charge in [-0.1, -0.05) is 43.8 Å². The van der Waals surface area contributed by atoms with E-state index >= 15 is 0 Å². The molecule has 1 heterocycles. The molecule has 0 radical (unpaired) electrons. The number of benzene rings is 1. The SMILES string of the molecule is CC(C)c1ccccc1OCC(O)CSc1nccn1C. The molecular formula is C16H22N2O2S. The Kier molecular flexibility index (Phi) is 5.70. The Hall–Kier alpha value is -1.46. The smallest absolute Gasteiger partial charge is 0.167 e. The predicted molar refractivity (Wildman–Crippen MR) is 86.0 cm³/mol. The molecule has 1 aromatic carbocycles. The third-order valence-electron chi connectivity index (χ3n) is 3.15. The Balaban J connectivity index is 1.84. The highest BCUT2D eigenvalue weighted by Gasteiger charge is 2.11. The molecule has 0 saturated carbocycles. The molecule has 0 amide bonds. The average molecular weight is 306 g/mol. The van der Waals surface area contributed by atoms with E-state index < -0.39 is 6.10 Å². The van der Waals surface area contributed by atoms with Crippen LogP contribution in [0.15, 0.2) is 41.8 Å². The van der Waals surface area contributed by atoms with Crippen LogP contribution in [0.2, 0.25) is 0 Å². The first-order valence-corrected chi connectivity index (χ1v) is 8.06. The molecule has 0 saturated heterocycles. The molecule has 0 fully saturated rings. The standard InChI is InChI=1S/C16H22N2O2S/c1-12(2)14-6-4-5-7-15(14)20-10-13(19)11-21-16-17-8-9-18(16)3/h4-9,12-13,19H,10-11H2,1-3H3. The number of aryl methyl sites for hydroxylation is 1. The Morgan fingerprint density at radius 3 is 2.76 bits per heavy atom. The van der Waals surface area contributed by atoms with Gasteiger partial charge in [0.2, 0.25) is 0 Å². The lowest BCUT2D eigenvalue weighted by atomic mass is 10.0. The second-order valence-corrected chi connectivity index (χ2v) is 6.28. The van der Waals surface area contributed by atoms with Crippen molar-refractivity contribution in [2.75, 3.05) is 12.4 Å². The maximum atomic E-state index is 10.0. The molecule has 0 aliphatic carbocycles. The summed E-state index contributed by atoms with van der Waals surface area (Å²) in [7, 11) is 1.94. The van der Waals surface area contributed by atoms with E-state index in [9.17, 15) is 5.11 Å². The van der Waals surface area contributed by atoms with Crippen molar-refractivity contribution in [1.82, 2.24) is 9.55 Å². The summed E-state index contributed by atoms with van der Waals surface area (Å²) in [5.41, 5.74) is 1.17. The molecule has 1 atom stereocenters. The third kappa shape index (κ3) is 4.51. The van der Waals surface area contributed by atoms with Crippen molar-refractivity contribution in [3.8, 4) is 5.75 Å². The monoisotopic (exact) mass is 306 g/mol. The highest BCUT2D eigenvalue weighted by molar-refractivity contribution is 7.99.